The Bertz CT molecular complexity index is 1120. The lowest BCUT2D eigenvalue weighted by atomic mass is 9.74. The minimum absolute atomic E-state index is 0.104. The normalized spacial score (nSPS) is 18.9. The maximum atomic E-state index is 12.3. The molecule has 0 aliphatic heterocycles. The molecule has 1 aliphatic carbocycles. The van der Waals surface area contributed by atoms with E-state index >= 15 is 0 Å². The number of esters is 1. The van der Waals surface area contributed by atoms with Crippen LogP contribution in [0.25, 0.3) is 10.8 Å². The molecule has 3 aromatic carbocycles. The highest BCUT2D eigenvalue weighted by atomic mass is 16.5. The second-order valence-corrected chi connectivity index (χ2v) is 9.54. The first kappa shape index (κ1) is 24.0. The van der Waals surface area contributed by atoms with Crippen LogP contribution < -0.4 is 5.32 Å². The van der Waals surface area contributed by atoms with E-state index in [0.717, 1.165) is 0 Å². The van der Waals surface area contributed by atoms with Crippen LogP contribution in [0.4, 0.5) is 0 Å². The second-order valence-electron chi connectivity index (χ2n) is 9.54. The summed E-state index contributed by atoms with van der Waals surface area (Å²) in [5.74, 6) is 1.11. The predicted octanol–water partition coefficient (Wildman–Crippen LogP) is 6.60. The van der Waals surface area contributed by atoms with E-state index in [9.17, 15) is 9.59 Å². The summed E-state index contributed by atoms with van der Waals surface area (Å²) in [4.78, 5) is 23.8. The molecule has 1 fully saturated rings. The predicted molar refractivity (Wildman–Crippen MR) is 137 cm³/mol. The van der Waals surface area contributed by atoms with Crippen LogP contribution in [0.5, 0.6) is 0 Å². The smallest absolute Gasteiger partial charge is 0.325 e. The maximum Gasteiger partial charge on any atom is 0.325 e. The molecule has 1 N–H and O–H groups in total. The molecule has 4 rings (SSSR count). The van der Waals surface area contributed by atoms with Gasteiger partial charge in [0.2, 0.25) is 0 Å². The molecule has 1 amide bonds. The van der Waals surface area contributed by atoms with Gasteiger partial charge in [-0.25, -0.2) is 0 Å². The number of amides is 1. The van der Waals surface area contributed by atoms with Gasteiger partial charge in [-0.05, 0) is 78.0 Å². The molecular formula is C30H35NO3. The van der Waals surface area contributed by atoms with Crippen LogP contribution in [0.2, 0.25) is 0 Å². The summed E-state index contributed by atoms with van der Waals surface area (Å²) in [5, 5.41) is 5.32. The first-order valence-corrected chi connectivity index (χ1v) is 12.6. The van der Waals surface area contributed by atoms with Crippen molar-refractivity contribution in [2.24, 2.45) is 5.92 Å². The molecule has 178 valence electrons. The zero-order valence-corrected chi connectivity index (χ0v) is 20.3. The second kappa shape index (κ2) is 11.3. The van der Waals surface area contributed by atoms with Crippen LogP contribution in [0, 0.1) is 5.92 Å². The van der Waals surface area contributed by atoms with E-state index in [1.54, 1.807) is 6.92 Å². The molecule has 1 aliphatic rings. The number of fused-ring (bicyclic) bond motifs is 1. The Morgan fingerprint density at radius 2 is 1.76 bits per heavy atom. The lowest BCUT2D eigenvalue weighted by molar-refractivity contribution is -0.141. The number of hydrogen-bond acceptors (Lipinski definition) is 3. The quantitative estimate of drug-likeness (QED) is 0.388. The molecule has 4 nitrogen and oxygen atoms in total. The zero-order chi connectivity index (χ0) is 23.9. The van der Waals surface area contributed by atoms with Crippen molar-refractivity contribution in [1.82, 2.24) is 5.32 Å². The minimum Gasteiger partial charge on any atom is -0.465 e. The van der Waals surface area contributed by atoms with Crippen LogP contribution in [0.15, 0.2) is 66.7 Å². The molecule has 3 aromatic rings. The topological polar surface area (TPSA) is 55.4 Å². The Labute approximate surface area is 202 Å². The van der Waals surface area contributed by atoms with E-state index in [4.69, 9.17) is 4.74 Å². The first-order valence-electron chi connectivity index (χ1n) is 12.6. The van der Waals surface area contributed by atoms with Crippen molar-refractivity contribution in [2.45, 2.75) is 57.8 Å². The van der Waals surface area contributed by atoms with Crippen molar-refractivity contribution in [2.75, 3.05) is 13.2 Å². The Morgan fingerprint density at radius 1 is 1.00 bits per heavy atom. The Kier molecular flexibility index (Phi) is 7.99. The zero-order valence-electron chi connectivity index (χ0n) is 20.3. The summed E-state index contributed by atoms with van der Waals surface area (Å²) in [6.07, 6.45) is 6.15. The number of carbonyl (C=O) groups excluding carboxylic acids is 2. The van der Waals surface area contributed by atoms with Crippen LogP contribution >= 0.6 is 0 Å². The van der Waals surface area contributed by atoms with Crippen molar-refractivity contribution >= 4 is 22.6 Å². The van der Waals surface area contributed by atoms with Crippen LogP contribution in [-0.2, 0) is 9.53 Å². The van der Waals surface area contributed by atoms with E-state index in [-0.39, 0.29) is 12.5 Å². The van der Waals surface area contributed by atoms with Gasteiger partial charge in [-0.3, -0.25) is 9.59 Å². The summed E-state index contributed by atoms with van der Waals surface area (Å²) in [6, 6.07) is 23.3. The molecule has 0 saturated heterocycles. The van der Waals surface area contributed by atoms with Gasteiger partial charge in [0, 0.05) is 5.56 Å². The number of carbonyl (C=O) groups is 2. The lowest BCUT2D eigenvalue weighted by Crippen LogP contribution is -2.30. The first-order chi connectivity index (χ1) is 16.5. The third-order valence-electron chi connectivity index (χ3n) is 7.17. The van der Waals surface area contributed by atoms with Crippen LogP contribution in [0.1, 0.15) is 79.3 Å². The Balaban J connectivity index is 1.36. The number of nitrogens with one attached hydrogen (secondary N) is 1. The monoisotopic (exact) mass is 457 g/mol. The minimum atomic E-state index is -0.418. The average molecular weight is 458 g/mol. The van der Waals surface area contributed by atoms with Crippen molar-refractivity contribution < 1.29 is 14.3 Å². The lowest BCUT2D eigenvalue weighted by Gasteiger charge is -2.31. The average Bonchev–Trinajstić information content (AvgIpc) is 2.87. The standard InChI is InChI=1S/C30H35NO3/c1-3-34-29(32)20-31-30(33)25-16-14-23(15-17-25)26-11-6-8-22(19-26)18-21(2)27-13-7-10-24-9-4-5-12-28(24)27/h4-5,7,9-10,12-17,21-22,26H,3,6,8,11,18-20H2,1-2H3,(H,31,33)/t21-,22?,26?/m0/s1. The fourth-order valence-electron chi connectivity index (χ4n) is 5.49. The van der Waals surface area contributed by atoms with Crippen molar-refractivity contribution in [3.05, 3.63) is 83.4 Å². The van der Waals surface area contributed by atoms with Gasteiger partial charge in [0.1, 0.15) is 6.54 Å². The van der Waals surface area contributed by atoms with E-state index in [2.05, 4.69) is 66.8 Å². The molecule has 0 radical (unpaired) electrons. The molecule has 1 saturated carbocycles. The summed E-state index contributed by atoms with van der Waals surface area (Å²) in [7, 11) is 0. The Hall–Kier alpha value is -3.14. The van der Waals surface area contributed by atoms with Gasteiger partial charge in [-0.2, -0.15) is 0 Å². The van der Waals surface area contributed by atoms with E-state index in [1.807, 2.05) is 12.1 Å². The third kappa shape index (κ3) is 5.85. The van der Waals surface area contributed by atoms with Gasteiger partial charge in [-0.15, -0.1) is 0 Å². The third-order valence-corrected chi connectivity index (χ3v) is 7.17. The van der Waals surface area contributed by atoms with Crippen LogP contribution in [0.3, 0.4) is 0 Å². The van der Waals surface area contributed by atoms with E-state index < -0.39 is 5.97 Å². The highest BCUT2D eigenvalue weighted by Crippen LogP contribution is 2.41. The number of hydrogen-bond donors (Lipinski definition) is 1. The van der Waals surface area contributed by atoms with Crippen molar-refractivity contribution in [1.29, 1.82) is 0 Å². The molecule has 0 spiro atoms. The van der Waals surface area contributed by atoms with E-state index in [1.165, 1.54) is 54.0 Å². The Morgan fingerprint density at radius 3 is 2.56 bits per heavy atom. The largest absolute Gasteiger partial charge is 0.465 e. The molecule has 0 aromatic heterocycles. The van der Waals surface area contributed by atoms with Gasteiger partial charge in [-0.1, -0.05) is 74.4 Å². The molecule has 34 heavy (non-hydrogen) atoms. The molecule has 0 heterocycles. The molecular weight excluding hydrogens is 422 g/mol. The van der Waals surface area contributed by atoms with Crippen LogP contribution in [-0.4, -0.2) is 25.0 Å². The summed E-state index contributed by atoms with van der Waals surface area (Å²) in [5.41, 5.74) is 3.34. The van der Waals surface area contributed by atoms with Gasteiger partial charge in [0.05, 0.1) is 6.61 Å². The highest BCUT2D eigenvalue weighted by molar-refractivity contribution is 5.95. The number of rotatable bonds is 8. The SMILES string of the molecule is CCOC(=O)CNC(=O)c1ccc(C2CCCC(C[C@H](C)c3cccc4ccccc34)C2)cc1. The molecule has 2 unspecified atom stereocenters. The van der Waals surface area contributed by atoms with E-state index in [0.29, 0.717) is 29.9 Å². The fourth-order valence-corrected chi connectivity index (χ4v) is 5.49. The molecule has 4 heteroatoms. The summed E-state index contributed by atoms with van der Waals surface area (Å²) < 4.78 is 4.86. The maximum absolute atomic E-state index is 12.3. The number of benzene rings is 3. The fraction of sp³-hybridized carbons (Fsp3) is 0.400. The summed E-state index contributed by atoms with van der Waals surface area (Å²) >= 11 is 0. The molecule has 0 bridgehead atoms. The van der Waals surface area contributed by atoms with Gasteiger partial charge < -0.3 is 10.1 Å². The number of ether oxygens (including phenoxy) is 1. The van der Waals surface area contributed by atoms with Crippen molar-refractivity contribution in [3.63, 3.8) is 0 Å². The highest BCUT2D eigenvalue weighted by Gasteiger charge is 2.25. The summed E-state index contributed by atoms with van der Waals surface area (Å²) in [6.45, 7) is 4.33. The van der Waals surface area contributed by atoms with Gasteiger partial charge in [0.15, 0.2) is 0 Å². The van der Waals surface area contributed by atoms with Gasteiger partial charge in [0.25, 0.3) is 5.91 Å². The molecule has 3 atom stereocenters. The van der Waals surface area contributed by atoms with Gasteiger partial charge >= 0.3 is 5.97 Å². The van der Waals surface area contributed by atoms with Crippen molar-refractivity contribution in [3.8, 4) is 0 Å².